The number of aromatic hydroxyl groups is 1. The number of phenols is 1. The first-order valence-corrected chi connectivity index (χ1v) is 9.68. The minimum atomic E-state index is -4.31. The fraction of sp³-hybridized carbons (Fsp3) is 0.375. The molecule has 3 rings (SSSR count). The van der Waals surface area contributed by atoms with Crippen molar-refractivity contribution in [3.05, 3.63) is 34.5 Å². The van der Waals surface area contributed by atoms with E-state index in [0.717, 1.165) is 12.5 Å². The number of benzene rings is 1. The van der Waals surface area contributed by atoms with Crippen molar-refractivity contribution in [3.8, 4) is 16.9 Å². The second kappa shape index (κ2) is 6.72. The van der Waals surface area contributed by atoms with Crippen LogP contribution in [0.2, 0.25) is 0 Å². The molecule has 27 heavy (non-hydrogen) atoms. The summed E-state index contributed by atoms with van der Waals surface area (Å²) in [5, 5.41) is 12.6. The van der Waals surface area contributed by atoms with Gasteiger partial charge in [-0.25, -0.2) is 13.4 Å². The number of aromatic nitrogens is 2. The van der Waals surface area contributed by atoms with Crippen LogP contribution in [0.5, 0.6) is 5.75 Å². The molecule has 0 radical (unpaired) electrons. The minimum Gasteiger partial charge on any atom is -0.506 e. The zero-order valence-corrected chi connectivity index (χ0v) is 15.5. The van der Waals surface area contributed by atoms with E-state index in [2.05, 4.69) is 5.10 Å². The van der Waals surface area contributed by atoms with Crippen LogP contribution >= 0.6 is 0 Å². The van der Waals surface area contributed by atoms with E-state index in [1.54, 1.807) is 4.72 Å². The molecule has 1 fully saturated rings. The highest BCUT2D eigenvalue weighted by Gasteiger charge is 2.38. The minimum absolute atomic E-state index is 0.00612. The quantitative estimate of drug-likeness (QED) is 0.691. The molecule has 0 spiro atoms. The van der Waals surface area contributed by atoms with E-state index >= 15 is 4.39 Å². The molecule has 0 aliphatic carbocycles. The Balaban J connectivity index is 2.07. The van der Waals surface area contributed by atoms with Crippen molar-refractivity contribution < 1.29 is 22.7 Å². The van der Waals surface area contributed by atoms with Gasteiger partial charge in [-0.3, -0.25) is 19.4 Å². The molecule has 2 heterocycles. The van der Waals surface area contributed by atoms with Crippen LogP contribution in [0, 0.1) is 11.7 Å². The molecule has 1 amide bonds. The number of hydrogen-bond acceptors (Lipinski definition) is 5. The molecule has 0 saturated carbocycles. The van der Waals surface area contributed by atoms with Crippen molar-refractivity contribution in [2.45, 2.75) is 26.8 Å². The lowest BCUT2D eigenvalue weighted by Gasteiger charge is -2.18. The normalized spacial score (nSPS) is 16.1. The summed E-state index contributed by atoms with van der Waals surface area (Å²) in [5.74, 6) is -2.21. The van der Waals surface area contributed by atoms with Gasteiger partial charge < -0.3 is 5.11 Å². The lowest BCUT2D eigenvalue weighted by Crippen LogP contribution is -2.30. The third-order valence-corrected chi connectivity index (χ3v) is 5.55. The Morgan fingerprint density at radius 3 is 2.56 bits per heavy atom. The van der Waals surface area contributed by atoms with E-state index in [4.69, 9.17) is 0 Å². The molecule has 2 aromatic rings. The second-order valence-electron chi connectivity index (χ2n) is 6.69. The Morgan fingerprint density at radius 2 is 1.96 bits per heavy atom. The standard InChI is InChI=1S/C16H19FN4O5S/c1-9(2)5-6-20-7-11(16(24)18-20)10-3-4-12(22)15(14(10)17)21-8-13(23)19-27(21,25)26/h3-4,7,9,22H,5-6,8H2,1-2H3,(H,18,24)(H,19,23). The van der Waals surface area contributed by atoms with E-state index in [-0.39, 0.29) is 11.1 Å². The van der Waals surface area contributed by atoms with Crippen molar-refractivity contribution >= 4 is 21.8 Å². The predicted molar refractivity (Wildman–Crippen MR) is 96.0 cm³/mol. The molecule has 1 aliphatic heterocycles. The van der Waals surface area contributed by atoms with Crippen LogP contribution in [0.1, 0.15) is 20.3 Å². The first-order valence-electron chi connectivity index (χ1n) is 8.24. The third kappa shape index (κ3) is 3.54. The lowest BCUT2D eigenvalue weighted by molar-refractivity contribution is -0.117. The van der Waals surface area contributed by atoms with Crippen LogP contribution in [0.3, 0.4) is 0 Å². The van der Waals surface area contributed by atoms with Crippen LogP contribution in [-0.2, 0) is 21.5 Å². The number of halogens is 1. The molecule has 0 bridgehead atoms. The summed E-state index contributed by atoms with van der Waals surface area (Å²) in [6.45, 7) is 3.92. The van der Waals surface area contributed by atoms with Gasteiger partial charge in [-0.15, -0.1) is 0 Å². The summed E-state index contributed by atoms with van der Waals surface area (Å²) in [6.07, 6.45) is 2.24. The highest BCUT2D eigenvalue weighted by molar-refractivity contribution is 7.92. The number of amides is 1. The van der Waals surface area contributed by atoms with Crippen LogP contribution in [0.4, 0.5) is 10.1 Å². The number of hydrogen-bond donors (Lipinski definition) is 3. The number of aromatic amines is 1. The Hall–Kier alpha value is -2.82. The summed E-state index contributed by atoms with van der Waals surface area (Å²) in [5.41, 5.74) is -1.41. The highest BCUT2D eigenvalue weighted by atomic mass is 32.2. The van der Waals surface area contributed by atoms with Gasteiger partial charge in [0.05, 0.1) is 5.56 Å². The van der Waals surface area contributed by atoms with Crippen molar-refractivity contribution in [2.75, 3.05) is 10.8 Å². The second-order valence-corrected chi connectivity index (χ2v) is 8.29. The molecule has 1 aromatic heterocycles. The van der Waals surface area contributed by atoms with Crippen molar-refractivity contribution in [3.63, 3.8) is 0 Å². The van der Waals surface area contributed by atoms with E-state index in [1.165, 1.54) is 16.9 Å². The zero-order chi connectivity index (χ0) is 19.9. The van der Waals surface area contributed by atoms with Gasteiger partial charge in [0.2, 0.25) is 0 Å². The van der Waals surface area contributed by atoms with Gasteiger partial charge in [0.15, 0.2) is 5.82 Å². The maximum atomic E-state index is 15.1. The molecular weight excluding hydrogens is 379 g/mol. The maximum Gasteiger partial charge on any atom is 0.326 e. The monoisotopic (exact) mass is 398 g/mol. The van der Waals surface area contributed by atoms with Crippen LogP contribution in [0.15, 0.2) is 23.1 Å². The number of nitrogens with one attached hydrogen (secondary N) is 2. The Morgan fingerprint density at radius 1 is 1.26 bits per heavy atom. The molecule has 146 valence electrons. The van der Waals surface area contributed by atoms with E-state index < -0.39 is 45.5 Å². The van der Waals surface area contributed by atoms with Crippen molar-refractivity contribution in [1.82, 2.24) is 14.5 Å². The summed E-state index contributed by atoms with van der Waals surface area (Å²) in [6, 6.07) is 2.26. The first kappa shape index (κ1) is 19.0. The molecule has 9 nitrogen and oxygen atoms in total. The SMILES string of the molecule is CC(C)CCn1cc(-c2ccc(O)c(N3CC(=O)NS3(=O)=O)c2F)c(=O)[nH]1. The largest absolute Gasteiger partial charge is 0.506 e. The van der Waals surface area contributed by atoms with Gasteiger partial charge in [0, 0.05) is 18.3 Å². The van der Waals surface area contributed by atoms with Gasteiger partial charge in [0.25, 0.3) is 11.5 Å². The molecule has 0 atom stereocenters. The zero-order valence-electron chi connectivity index (χ0n) is 14.7. The number of carbonyl (C=O) groups excluding carboxylic acids is 1. The van der Waals surface area contributed by atoms with E-state index in [0.29, 0.717) is 16.8 Å². The number of carbonyl (C=O) groups is 1. The summed E-state index contributed by atoms with van der Waals surface area (Å²) in [4.78, 5) is 23.6. The maximum absolute atomic E-state index is 15.1. The lowest BCUT2D eigenvalue weighted by atomic mass is 10.1. The predicted octanol–water partition coefficient (Wildman–Crippen LogP) is 0.915. The Labute approximate surface area is 154 Å². The van der Waals surface area contributed by atoms with Crippen LogP contribution in [0.25, 0.3) is 11.1 Å². The molecule has 1 saturated heterocycles. The summed E-state index contributed by atoms with van der Waals surface area (Å²) >= 11 is 0. The molecule has 1 aromatic carbocycles. The molecule has 11 heteroatoms. The van der Waals surface area contributed by atoms with Gasteiger partial charge in [0.1, 0.15) is 18.0 Å². The van der Waals surface area contributed by atoms with Crippen LogP contribution < -0.4 is 14.6 Å². The molecule has 3 N–H and O–H groups in total. The number of phenolic OH excluding ortho intramolecular Hbond substituents is 1. The molecular formula is C16H19FN4O5S. The van der Waals surface area contributed by atoms with Crippen LogP contribution in [-0.4, -0.2) is 35.8 Å². The average Bonchev–Trinajstić information content (AvgIpc) is 3.04. The van der Waals surface area contributed by atoms with E-state index in [9.17, 15) is 23.1 Å². The highest BCUT2D eigenvalue weighted by Crippen LogP contribution is 2.37. The third-order valence-electron chi connectivity index (χ3n) is 4.18. The smallest absolute Gasteiger partial charge is 0.326 e. The average molecular weight is 398 g/mol. The van der Waals surface area contributed by atoms with Crippen molar-refractivity contribution in [2.24, 2.45) is 5.92 Å². The fourth-order valence-corrected chi connectivity index (χ4v) is 3.96. The van der Waals surface area contributed by atoms with Gasteiger partial charge in [-0.2, -0.15) is 8.42 Å². The Bertz CT molecular complexity index is 1060. The number of rotatable bonds is 5. The molecule has 1 aliphatic rings. The molecule has 0 unspecified atom stereocenters. The topological polar surface area (TPSA) is 124 Å². The van der Waals surface area contributed by atoms with Crippen molar-refractivity contribution in [1.29, 1.82) is 0 Å². The Kier molecular flexibility index (Phi) is 4.72. The van der Waals surface area contributed by atoms with Gasteiger partial charge >= 0.3 is 10.2 Å². The number of nitrogens with zero attached hydrogens (tertiary/aromatic N) is 2. The first-order chi connectivity index (χ1) is 12.6. The number of anilines is 1. The fourth-order valence-electron chi connectivity index (χ4n) is 2.79. The summed E-state index contributed by atoms with van der Waals surface area (Å²) < 4.78 is 42.7. The van der Waals surface area contributed by atoms with Gasteiger partial charge in [-0.05, 0) is 24.5 Å². The van der Waals surface area contributed by atoms with E-state index in [1.807, 2.05) is 13.8 Å². The number of H-pyrrole nitrogens is 1. The summed E-state index contributed by atoms with van der Waals surface area (Å²) in [7, 11) is -4.31. The number of aryl methyl sites for hydroxylation is 1. The van der Waals surface area contributed by atoms with Gasteiger partial charge in [-0.1, -0.05) is 13.8 Å².